The number of H-pyrrole nitrogens is 1. The summed E-state index contributed by atoms with van der Waals surface area (Å²) >= 11 is 0. The smallest absolute Gasteiger partial charge is 0.338 e. The number of anilines is 1. The molecule has 0 saturated carbocycles. The van der Waals surface area contributed by atoms with Crippen molar-refractivity contribution in [3.8, 4) is 22.6 Å². The molecule has 0 saturated heterocycles. The van der Waals surface area contributed by atoms with Gasteiger partial charge in [0, 0.05) is 23.7 Å². The van der Waals surface area contributed by atoms with Crippen LogP contribution in [0.3, 0.4) is 0 Å². The van der Waals surface area contributed by atoms with E-state index in [9.17, 15) is 18.0 Å². The molecule has 3 rings (SSSR count). The van der Waals surface area contributed by atoms with Gasteiger partial charge in [-0.05, 0) is 24.3 Å². The first kappa shape index (κ1) is 16.8. The molecule has 4 nitrogen and oxygen atoms in total. The lowest BCUT2D eigenvalue weighted by atomic mass is 10.1. The van der Waals surface area contributed by atoms with Gasteiger partial charge in [0.1, 0.15) is 5.82 Å². The number of halogens is 3. The van der Waals surface area contributed by atoms with Crippen LogP contribution in [-0.4, -0.2) is 15.9 Å². The van der Waals surface area contributed by atoms with Crippen molar-refractivity contribution in [2.45, 2.75) is 13.1 Å². The zero-order chi connectivity index (χ0) is 18.0. The number of aromatic amines is 1. The van der Waals surface area contributed by atoms with Crippen LogP contribution < -0.4 is 5.32 Å². The fraction of sp³-hybridized carbons (Fsp3) is 0.111. The first-order chi connectivity index (χ1) is 11.8. The average Bonchev–Trinajstić information content (AvgIpc) is 3.04. The number of rotatable bonds is 3. The molecule has 0 bridgehead atoms. The number of benzene rings is 2. The van der Waals surface area contributed by atoms with Crippen LogP contribution in [0.1, 0.15) is 12.5 Å². The predicted octanol–water partition coefficient (Wildman–Crippen LogP) is 4.72. The second kappa shape index (κ2) is 6.43. The number of hydrogen-bond donors (Lipinski definition) is 2. The van der Waals surface area contributed by atoms with E-state index < -0.39 is 11.7 Å². The molecule has 0 fully saturated rings. The Kier molecular flexibility index (Phi) is 4.31. The van der Waals surface area contributed by atoms with Crippen LogP contribution in [0.5, 0.6) is 0 Å². The van der Waals surface area contributed by atoms with E-state index in [4.69, 9.17) is 0 Å². The summed E-state index contributed by atoms with van der Waals surface area (Å²) in [6.45, 7) is 1.41. The summed E-state index contributed by atoms with van der Waals surface area (Å²) in [5.41, 5.74) is 1.48. The molecule has 0 aliphatic rings. The van der Waals surface area contributed by atoms with Gasteiger partial charge in [-0.1, -0.05) is 24.3 Å². The summed E-state index contributed by atoms with van der Waals surface area (Å²) in [7, 11) is 0. The fourth-order valence-electron chi connectivity index (χ4n) is 2.43. The summed E-state index contributed by atoms with van der Waals surface area (Å²) in [6.07, 6.45) is -2.92. The van der Waals surface area contributed by atoms with E-state index in [1.807, 2.05) is 0 Å². The Morgan fingerprint density at radius 3 is 2.52 bits per heavy atom. The first-order valence-corrected chi connectivity index (χ1v) is 7.43. The average molecular weight is 345 g/mol. The second-order valence-electron chi connectivity index (χ2n) is 5.49. The van der Waals surface area contributed by atoms with E-state index in [0.29, 0.717) is 28.3 Å². The van der Waals surface area contributed by atoms with E-state index in [1.165, 1.54) is 19.2 Å². The molecule has 1 heterocycles. The second-order valence-corrected chi connectivity index (χ2v) is 5.49. The largest absolute Gasteiger partial charge is 0.416 e. The number of alkyl halides is 3. The highest BCUT2D eigenvalue weighted by Crippen LogP contribution is 2.32. The third kappa shape index (κ3) is 3.88. The zero-order valence-corrected chi connectivity index (χ0v) is 13.2. The van der Waals surface area contributed by atoms with Gasteiger partial charge >= 0.3 is 6.18 Å². The molecule has 0 radical (unpaired) electrons. The molecule has 3 aromatic rings. The lowest BCUT2D eigenvalue weighted by Gasteiger charge is -2.07. The minimum absolute atomic E-state index is 0.193. The highest BCUT2D eigenvalue weighted by molar-refractivity contribution is 5.89. The van der Waals surface area contributed by atoms with Crippen molar-refractivity contribution in [1.29, 1.82) is 0 Å². The predicted molar refractivity (Wildman–Crippen MR) is 88.8 cm³/mol. The van der Waals surface area contributed by atoms with Gasteiger partial charge < -0.3 is 10.3 Å². The molecular formula is C18H14F3N3O. The van der Waals surface area contributed by atoms with Crippen molar-refractivity contribution in [1.82, 2.24) is 9.97 Å². The van der Waals surface area contributed by atoms with Gasteiger partial charge in [0.05, 0.1) is 17.5 Å². The fourth-order valence-corrected chi connectivity index (χ4v) is 2.43. The lowest BCUT2D eigenvalue weighted by molar-refractivity contribution is -0.137. The molecule has 1 aromatic heterocycles. The number of carbonyl (C=O) groups excluding carboxylic acids is 1. The molecule has 25 heavy (non-hydrogen) atoms. The highest BCUT2D eigenvalue weighted by atomic mass is 19.4. The van der Waals surface area contributed by atoms with Crippen LogP contribution in [0.4, 0.5) is 18.9 Å². The Morgan fingerprint density at radius 1 is 1.08 bits per heavy atom. The molecule has 0 aliphatic carbocycles. The van der Waals surface area contributed by atoms with E-state index >= 15 is 0 Å². The van der Waals surface area contributed by atoms with E-state index in [2.05, 4.69) is 15.3 Å². The van der Waals surface area contributed by atoms with E-state index in [0.717, 1.165) is 12.1 Å². The van der Waals surface area contributed by atoms with Gasteiger partial charge in [-0.15, -0.1) is 0 Å². The lowest BCUT2D eigenvalue weighted by Crippen LogP contribution is -2.05. The van der Waals surface area contributed by atoms with Crippen LogP contribution in [0.15, 0.2) is 54.7 Å². The van der Waals surface area contributed by atoms with Crippen molar-refractivity contribution in [2.24, 2.45) is 0 Å². The van der Waals surface area contributed by atoms with E-state index in [1.54, 1.807) is 30.3 Å². The van der Waals surface area contributed by atoms with Gasteiger partial charge in [0.25, 0.3) is 0 Å². The summed E-state index contributed by atoms with van der Waals surface area (Å²) in [4.78, 5) is 18.4. The topological polar surface area (TPSA) is 57.8 Å². The third-order valence-corrected chi connectivity index (χ3v) is 3.53. The van der Waals surface area contributed by atoms with Crippen LogP contribution in [0.25, 0.3) is 22.6 Å². The number of aromatic nitrogens is 2. The Labute approximate surface area is 141 Å². The van der Waals surface area contributed by atoms with Crippen molar-refractivity contribution in [2.75, 3.05) is 5.32 Å². The molecular weight excluding hydrogens is 331 g/mol. The Morgan fingerprint density at radius 2 is 1.80 bits per heavy atom. The van der Waals surface area contributed by atoms with Crippen LogP contribution >= 0.6 is 0 Å². The molecule has 7 heteroatoms. The molecule has 1 amide bonds. The monoisotopic (exact) mass is 345 g/mol. The van der Waals surface area contributed by atoms with Gasteiger partial charge in [0.15, 0.2) is 0 Å². The number of hydrogen-bond acceptors (Lipinski definition) is 2. The zero-order valence-electron chi connectivity index (χ0n) is 13.2. The molecule has 0 spiro atoms. The van der Waals surface area contributed by atoms with Crippen molar-refractivity contribution >= 4 is 11.6 Å². The Balaban J connectivity index is 1.92. The molecule has 0 unspecified atom stereocenters. The summed E-state index contributed by atoms with van der Waals surface area (Å²) in [6, 6.07) is 12.1. The highest BCUT2D eigenvalue weighted by Gasteiger charge is 2.30. The van der Waals surface area contributed by atoms with Crippen molar-refractivity contribution < 1.29 is 18.0 Å². The molecule has 2 aromatic carbocycles. The number of nitrogens with zero attached hydrogens (tertiary/aromatic N) is 1. The standard InChI is InChI=1S/C18H14F3N3O/c1-11(25)23-15-7-3-5-13(9-15)17-22-10-16(24-17)12-4-2-6-14(8-12)18(19,20)21/h2-10H,1H3,(H,22,24)(H,23,25). The quantitative estimate of drug-likeness (QED) is 0.721. The number of nitrogens with one attached hydrogen (secondary N) is 2. The van der Waals surface area contributed by atoms with Crippen molar-refractivity contribution in [3.05, 3.63) is 60.3 Å². The van der Waals surface area contributed by atoms with Crippen molar-refractivity contribution in [3.63, 3.8) is 0 Å². The normalized spacial score (nSPS) is 11.4. The van der Waals surface area contributed by atoms with Gasteiger partial charge in [-0.3, -0.25) is 4.79 Å². The number of amides is 1. The SMILES string of the molecule is CC(=O)Nc1cccc(-c2ncc(-c3cccc(C(F)(F)F)c3)[nH]2)c1. The minimum atomic E-state index is -4.40. The van der Waals surface area contributed by atoms with Gasteiger partial charge in [-0.25, -0.2) is 4.98 Å². The first-order valence-electron chi connectivity index (χ1n) is 7.43. The van der Waals surface area contributed by atoms with Crippen LogP contribution in [-0.2, 0) is 11.0 Å². The molecule has 128 valence electrons. The Hall–Kier alpha value is -3.09. The van der Waals surface area contributed by atoms with Gasteiger partial charge in [-0.2, -0.15) is 13.2 Å². The number of imidazole rings is 1. The Bertz CT molecular complexity index is 916. The summed E-state index contributed by atoms with van der Waals surface area (Å²) < 4.78 is 38.5. The maximum Gasteiger partial charge on any atom is 0.416 e. The maximum absolute atomic E-state index is 12.8. The van der Waals surface area contributed by atoms with E-state index in [-0.39, 0.29) is 5.91 Å². The molecule has 0 aliphatic heterocycles. The summed E-state index contributed by atoms with van der Waals surface area (Å²) in [5, 5.41) is 2.67. The van der Waals surface area contributed by atoms with Crippen LogP contribution in [0.2, 0.25) is 0 Å². The third-order valence-electron chi connectivity index (χ3n) is 3.53. The summed E-state index contributed by atoms with van der Waals surface area (Å²) in [5.74, 6) is 0.306. The van der Waals surface area contributed by atoms with Gasteiger partial charge in [0.2, 0.25) is 5.91 Å². The molecule has 2 N–H and O–H groups in total. The molecule has 0 atom stereocenters. The number of carbonyl (C=O) groups is 1. The van der Waals surface area contributed by atoms with Crippen LogP contribution in [0, 0.1) is 0 Å². The maximum atomic E-state index is 12.8. The minimum Gasteiger partial charge on any atom is -0.338 e.